The summed E-state index contributed by atoms with van der Waals surface area (Å²) in [5, 5.41) is 8.38. The van der Waals surface area contributed by atoms with Gasteiger partial charge < -0.3 is 10.8 Å². The Balaban J connectivity index is 3.24. The Morgan fingerprint density at radius 1 is 1.82 bits per heavy atom. The van der Waals surface area contributed by atoms with Crippen LogP contribution < -0.4 is 5.73 Å². The van der Waals surface area contributed by atoms with Gasteiger partial charge in [-0.05, 0) is 12.2 Å². The van der Waals surface area contributed by atoms with Crippen molar-refractivity contribution in [3.8, 4) is 0 Å². The van der Waals surface area contributed by atoms with Crippen LogP contribution in [0.3, 0.4) is 0 Å². The molecule has 4 heteroatoms. The monoisotopic (exact) mass is 175 g/mol. The molecule has 0 rings (SSSR count). The summed E-state index contributed by atoms with van der Waals surface area (Å²) in [6.45, 7) is 3.55. The van der Waals surface area contributed by atoms with E-state index in [9.17, 15) is 4.79 Å². The highest BCUT2D eigenvalue weighted by Crippen LogP contribution is 2.03. The summed E-state index contributed by atoms with van der Waals surface area (Å²) < 4.78 is 0. The average molecular weight is 175 g/mol. The van der Waals surface area contributed by atoms with Crippen molar-refractivity contribution in [2.24, 2.45) is 5.73 Å². The van der Waals surface area contributed by atoms with Crippen LogP contribution in [0.25, 0.3) is 0 Å². The zero-order chi connectivity index (χ0) is 8.69. The molecule has 0 aliphatic carbocycles. The van der Waals surface area contributed by atoms with E-state index in [-0.39, 0.29) is 0 Å². The third kappa shape index (κ3) is 5.94. The van der Waals surface area contributed by atoms with E-state index in [1.165, 1.54) is 11.8 Å². The predicted molar refractivity (Wildman–Crippen MR) is 47.8 cm³/mol. The molecule has 0 bridgehead atoms. The second-order valence-electron chi connectivity index (χ2n) is 2.10. The molecule has 1 atom stereocenters. The lowest BCUT2D eigenvalue weighted by Gasteiger charge is -2.03. The molecule has 0 unspecified atom stereocenters. The van der Waals surface area contributed by atoms with Gasteiger partial charge in [-0.15, -0.1) is 6.58 Å². The molecule has 0 aromatic carbocycles. The fourth-order valence-corrected chi connectivity index (χ4v) is 1.34. The van der Waals surface area contributed by atoms with Gasteiger partial charge in [-0.1, -0.05) is 6.08 Å². The van der Waals surface area contributed by atoms with E-state index in [0.29, 0.717) is 5.75 Å². The molecular weight excluding hydrogens is 162 g/mol. The molecule has 0 amide bonds. The molecule has 0 aliphatic heterocycles. The average Bonchev–Trinajstić information content (AvgIpc) is 1.97. The van der Waals surface area contributed by atoms with Crippen molar-refractivity contribution in [3.63, 3.8) is 0 Å². The molecule has 3 N–H and O–H groups in total. The second-order valence-corrected chi connectivity index (χ2v) is 3.25. The highest BCUT2D eigenvalue weighted by Gasteiger charge is 2.09. The molecule has 0 aliphatic rings. The Morgan fingerprint density at radius 3 is 2.91 bits per heavy atom. The van der Waals surface area contributed by atoms with Crippen molar-refractivity contribution in [2.75, 3.05) is 11.5 Å². The predicted octanol–water partition coefficient (Wildman–Crippen LogP) is 0.708. The Hall–Kier alpha value is -0.480. The van der Waals surface area contributed by atoms with E-state index in [0.717, 1.165) is 12.2 Å². The maximum absolute atomic E-state index is 10.2. The SMILES string of the molecule is C=CCCSC[C@H](N)C(=O)O. The minimum Gasteiger partial charge on any atom is -0.480 e. The zero-order valence-corrected chi connectivity index (χ0v) is 7.14. The second kappa shape index (κ2) is 6.24. The van der Waals surface area contributed by atoms with Crippen molar-refractivity contribution >= 4 is 17.7 Å². The van der Waals surface area contributed by atoms with E-state index in [2.05, 4.69) is 6.58 Å². The molecule has 0 aromatic heterocycles. The fourth-order valence-electron chi connectivity index (χ4n) is 0.448. The number of hydrogen-bond donors (Lipinski definition) is 2. The number of thioether (sulfide) groups is 1. The highest BCUT2D eigenvalue weighted by atomic mass is 32.2. The van der Waals surface area contributed by atoms with Crippen LogP contribution in [-0.4, -0.2) is 28.6 Å². The van der Waals surface area contributed by atoms with Gasteiger partial charge in [0.1, 0.15) is 6.04 Å². The number of hydrogen-bond acceptors (Lipinski definition) is 3. The van der Waals surface area contributed by atoms with Gasteiger partial charge in [-0.3, -0.25) is 4.79 Å². The first-order valence-electron chi connectivity index (χ1n) is 3.35. The smallest absolute Gasteiger partial charge is 0.321 e. The molecule has 3 nitrogen and oxygen atoms in total. The van der Waals surface area contributed by atoms with Crippen LogP contribution in [0, 0.1) is 0 Å². The third-order valence-electron chi connectivity index (χ3n) is 1.08. The minimum absolute atomic E-state index is 0.475. The largest absolute Gasteiger partial charge is 0.480 e. The van der Waals surface area contributed by atoms with Gasteiger partial charge in [0.25, 0.3) is 0 Å². The summed E-state index contributed by atoms with van der Waals surface area (Å²) in [5.41, 5.74) is 5.25. The molecule has 0 saturated heterocycles. The van der Waals surface area contributed by atoms with Gasteiger partial charge in [0, 0.05) is 5.75 Å². The molecule has 0 heterocycles. The van der Waals surface area contributed by atoms with Crippen LogP contribution in [0.2, 0.25) is 0 Å². The summed E-state index contributed by atoms with van der Waals surface area (Å²) >= 11 is 1.54. The fraction of sp³-hybridized carbons (Fsp3) is 0.571. The number of nitrogens with two attached hydrogens (primary N) is 1. The van der Waals surface area contributed by atoms with Crippen LogP contribution in [0.15, 0.2) is 12.7 Å². The van der Waals surface area contributed by atoms with E-state index < -0.39 is 12.0 Å². The Kier molecular flexibility index (Phi) is 5.97. The first-order chi connectivity index (χ1) is 5.18. The maximum atomic E-state index is 10.2. The van der Waals surface area contributed by atoms with Crippen LogP contribution in [0.1, 0.15) is 6.42 Å². The van der Waals surface area contributed by atoms with Crippen LogP contribution in [0.5, 0.6) is 0 Å². The summed E-state index contributed by atoms with van der Waals surface area (Å²) in [5.74, 6) is 0.435. The molecule has 0 radical (unpaired) electrons. The standard InChI is InChI=1S/C7H13NO2S/c1-2-3-4-11-5-6(8)7(9)10/h2,6H,1,3-5,8H2,(H,9,10)/t6-/m0/s1. The van der Waals surface area contributed by atoms with Gasteiger partial charge in [0.05, 0.1) is 0 Å². The topological polar surface area (TPSA) is 63.3 Å². The van der Waals surface area contributed by atoms with Crippen LogP contribution in [0.4, 0.5) is 0 Å². The third-order valence-corrected chi connectivity index (χ3v) is 2.20. The van der Waals surface area contributed by atoms with Gasteiger partial charge in [-0.2, -0.15) is 11.8 Å². The molecule has 0 aromatic rings. The summed E-state index contributed by atoms with van der Waals surface area (Å²) in [7, 11) is 0. The van der Waals surface area contributed by atoms with Crippen LogP contribution in [-0.2, 0) is 4.79 Å². The number of rotatable bonds is 6. The Bertz CT molecular complexity index is 138. The first kappa shape index (κ1) is 10.5. The van der Waals surface area contributed by atoms with Crippen molar-refractivity contribution < 1.29 is 9.90 Å². The number of allylic oxidation sites excluding steroid dienone is 1. The Labute approximate surface area is 70.7 Å². The number of carboxylic acid groups (broad SMARTS) is 1. The zero-order valence-electron chi connectivity index (χ0n) is 6.32. The summed E-state index contributed by atoms with van der Waals surface area (Å²) in [6.07, 6.45) is 2.70. The van der Waals surface area contributed by atoms with E-state index >= 15 is 0 Å². The van der Waals surface area contributed by atoms with E-state index in [4.69, 9.17) is 10.8 Å². The number of carboxylic acids is 1. The molecule has 0 fully saturated rings. The van der Waals surface area contributed by atoms with Gasteiger partial charge in [-0.25, -0.2) is 0 Å². The number of carbonyl (C=O) groups is 1. The van der Waals surface area contributed by atoms with E-state index in [1.807, 2.05) is 0 Å². The van der Waals surface area contributed by atoms with Gasteiger partial charge >= 0.3 is 5.97 Å². The van der Waals surface area contributed by atoms with Gasteiger partial charge in [0.15, 0.2) is 0 Å². The molecule has 64 valence electrons. The normalized spacial score (nSPS) is 12.5. The molecular formula is C7H13NO2S. The first-order valence-corrected chi connectivity index (χ1v) is 4.51. The summed E-state index contributed by atoms with van der Waals surface area (Å²) in [4.78, 5) is 10.2. The molecule has 0 spiro atoms. The lowest BCUT2D eigenvalue weighted by Crippen LogP contribution is -2.32. The summed E-state index contributed by atoms with van der Waals surface area (Å²) in [6, 6.07) is -0.732. The quantitative estimate of drug-likeness (QED) is 0.461. The van der Waals surface area contributed by atoms with Gasteiger partial charge in [0.2, 0.25) is 0 Å². The maximum Gasteiger partial charge on any atom is 0.321 e. The van der Waals surface area contributed by atoms with Crippen molar-refractivity contribution in [1.29, 1.82) is 0 Å². The van der Waals surface area contributed by atoms with Crippen molar-refractivity contribution in [3.05, 3.63) is 12.7 Å². The lowest BCUT2D eigenvalue weighted by molar-refractivity contribution is -0.137. The lowest BCUT2D eigenvalue weighted by atomic mass is 10.4. The van der Waals surface area contributed by atoms with Crippen molar-refractivity contribution in [2.45, 2.75) is 12.5 Å². The minimum atomic E-state index is -0.934. The Morgan fingerprint density at radius 2 is 2.45 bits per heavy atom. The highest BCUT2D eigenvalue weighted by molar-refractivity contribution is 7.99. The molecule has 11 heavy (non-hydrogen) atoms. The van der Waals surface area contributed by atoms with Crippen molar-refractivity contribution in [1.82, 2.24) is 0 Å². The number of aliphatic carboxylic acids is 1. The van der Waals surface area contributed by atoms with E-state index in [1.54, 1.807) is 6.08 Å². The van der Waals surface area contributed by atoms with Crippen LogP contribution >= 0.6 is 11.8 Å². The molecule has 0 saturated carbocycles.